The van der Waals surface area contributed by atoms with E-state index >= 15 is 0 Å². The van der Waals surface area contributed by atoms with Gasteiger partial charge in [-0.3, -0.25) is 0 Å². The van der Waals surface area contributed by atoms with Gasteiger partial charge in [-0.2, -0.15) is 0 Å². The normalized spacial score (nSPS) is 10.2. The highest BCUT2D eigenvalue weighted by molar-refractivity contribution is 9.10. The van der Waals surface area contributed by atoms with Gasteiger partial charge < -0.3 is 14.8 Å². The van der Waals surface area contributed by atoms with Crippen molar-refractivity contribution in [2.45, 2.75) is 0 Å². The van der Waals surface area contributed by atoms with Crippen molar-refractivity contribution >= 4 is 21.9 Å². The van der Waals surface area contributed by atoms with Crippen LogP contribution in [0.25, 0.3) is 11.1 Å². The standard InChI is InChI=1S/C12H10BrNO3/c1-17-11-3-2-7(13)4-8(11)9-5-14-6-10(9)12(15)16/h2-6,14H,1H3,(H,15,16). The fraction of sp³-hybridized carbons (Fsp3) is 0.0833. The Labute approximate surface area is 106 Å². The average molecular weight is 296 g/mol. The molecule has 17 heavy (non-hydrogen) atoms. The molecule has 5 heteroatoms. The lowest BCUT2D eigenvalue weighted by atomic mass is 10.0. The van der Waals surface area contributed by atoms with Crippen molar-refractivity contribution in [3.8, 4) is 16.9 Å². The first-order chi connectivity index (χ1) is 8.13. The van der Waals surface area contributed by atoms with Crippen LogP contribution in [0, 0.1) is 0 Å². The van der Waals surface area contributed by atoms with E-state index in [-0.39, 0.29) is 5.56 Å². The van der Waals surface area contributed by atoms with E-state index in [0.717, 1.165) is 10.0 Å². The zero-order valence-electron chi connectivity index (χ0n) is 9.03. The molecule has 0 radical (unpaired) electrons. The summed E-state index contributed by atoms with van der Waals surface area (Å²) in [5, 5.41) is 9.08. The van der Waals surface area contributed by atoms with Gasteiger partial charge in [0, 0.05) is 28.0 Å². The molecule has 88 valence electrons. The number of benzene rings is 1. The van der Waals surface area contributed by atoms with Crippen LogP contribution >= 0.6 is 15.9 Å². The third-order valence-corrected chi connectivity index (χ3v) is 2.92. The Morgan fingerprint density at radius 1 is 1.35 bits per heavy atom. The number of carboxylic acids is 1. The largest absolute Gasteiger partial charge is 0.496 e. The van der Waals surface area contributed by atoms with Crippen molar-refractivity contribution in [3.05, 3.63) is 40.6 Å². The molecule has 0 aliphatic carbocycles. The number of nitrogens with one attached hydrogen (secondary N) is 1. The van der Waals surface area contributed by atoms with E-state index in [1.54, 1.807) is 19.4 Å². The molecule has 4 nitrogen and oxygen atoms in total. The number of halogens is 1. The second kappa shape index (κ2) is 4.63. The zero-order chi connectivity index (χ0) is 12.4. The van der Waals surface area contributed by atoms with Gasteiger partial charge in [0.15, 0.2) is 0 Å². The predicted octanol–water partition coefficient (Wildman–Crippen LogP) is 3.15. The van der Waals surface area contributed by atoms with Gasteiger partial charge in [0.25, 0.3) is 0 Å². The molecule has 1 heterocycles. The lowest BCUT2D eigenvalue weighted by Gasteiger charge is -2.08. The number of methoxy groups -OCH3 is 1. The van der Waals surface area contributed by atoms with E-state index in [4.69, 9.17) is 9.84 Å². The van der Waals surface area contributed by atoms with Gasteiger partial charge in [0.05, 0.1) is 12.7 Å². The molecule has 1 aromatic carbocycles. The quantitative estimate of drug-likeness (QED) is 0.914. The van der Waals surface area contributed by atoms with Crippen molar-refractivity contribution in [3.63, 3.8) is 0 Å². The molecule has 2 N–H and O–H groups in total. The maximum Gasteiger partial charge on any atom is 0.337 e. The molecule has 0 bridgehead atoms. The van der Waals surface area contributed by atoms with E-state index in [2.05, 4.69) is 20.9 Å². The van der Waals surface area contributed by atoms with Gasteiger partial charge in [0.2, 0.25) is 0 Å². The number of carbonyl (C=O) groups is 1. The summed E-state index contributed by atoms with van der Waals surface area (Å²) in [6.45, 7) is 0. The SMILES string of the molecule is COc1ccc(Br)cc1-c1c[nH]cc1C(=O)O. The Morgan fingerprint density at radius 3 is 2.76 bits per heavy atom. The molecule has 1 aromatic heterocycles. The van der Waals surface area contributed by atoms with Crippen LogP contribution in [0.2, 0.25) is 0 Å². The molecule has 0 saturated heterocycles. The Balaban J connectivity index is 2.63. The summed E-state index contributed by atoms with van der Waals surface area (Å²) in [4.78, 5) is 13.9. The molecule has 0 aliphatic heterocycles. The minimum absolute atomic E-state index is 0.224. The van der Waals surface area contributed by atoms with Crippen molar-refractivity contribution in [2.75, 3.05) is 7.11 Å². The van der Waals surface area contributed by atoms with Crippen LogP contribution in [0.5, 0.6) is 5.75 Å². The van der Waals surface area contributed by atoms with E-state index in [0.29, 0.717) is 11.3 Å². The van der Waals surface area contributed by atoms with Gasteiger partial charge in [-0.25, -0.2) is 4.79 Å². The maximum atomic E-state index is 11.1. The van der Waals surface area contributed by atoms with Gasteiger partial charge in [-0.15, -0.1) is 0 Å². The van der Waals surface area contributed by atoms with E-state index < -0.39 is 5.97 Å². The van der Waals surface area contributed by atoms with Crippen molar-refractivity contribution in [2.24, 2.45) is 0 Å². The average Bonchev–Trinajstić information content (AvgIpc) is 2.77. The highest BCUT2D eigenvalue weighted by atomic mass is 79.9. The number of rotatable bonds is 3. The molecular formula is C12H10BrNO3. The lowest BCUT2D eigenvalue weighted by Crippen LogP contribution is -1.97. The fourth-order valence-corrected chi connectivity index (χ4v) is 2.02. The monoisotopic (exact) mass is 295 g/mol. The molecule has 0 unspecified atom stereocenters. The number of ether oxygens (including phenoxy) is 1. The Morgan fingerprint density at radius 2 is 2.12 bits per heavy atom. The number of aromatic carboxylic acids is 1. The predicted molar refractivity (Wildman–Crippen MR) is 67.4 cm³/mol. The summed E-state index contributed by atoms with van der Waals surface area (Å²) < 4.78 is 6.10. The molecule has 0 saturated carbocycles. The van der Waals surface area contributed by atoms with Crippen LogP contribution in [-0.4, -0.2) is 23.2 Å². The second-order valence-electron chi connectivity index (χ2n) is 3.43. The highest BCUT2D eigenvalue weighted by Gasteiger charge is 2.16. The third kappa shape index (κ3) is 2.19. The van der Waals surface area contributed by atoms with Gasteiger partial charge in [-0.05, 0) is 18.2 Å². The van der Waals surface area contributed by atoms with Crippen LogP contribution in [0.1, 0.15) is 10.4 Å². The Bertz CT molecular complexity index is 563. The highest BCUT2D eigenvalue weighted by Crippen LogP contribution is 2.34. The minimum atomic E-state index is -0.969. The zero-order valence-corrected chi connectivity index (χ0v) is 10.6. The first kappa shape index (κ1) is 11.7. The van der Waals surface area contributed by atoms with Crippen LogP contribution in [0.4, 0.5) is 0 Å². The number of aromatic nitrogens is 1. The topological polar surface area (TPSA) is 62.3 Å². The second-order valence-corrected chi connectivity index (χ2v) is 4.35. The summed E-state index contributed by atoms with van der Waals surface area (Å²) in [5.74, 6) is -0.335. The number of carboxylic acid groups (broad SMARTS) is 1. The minimum Gasteiger partial charge on any atom is -0.496 e. The first-order valence-corrected chi connectivity index (χ1v) is 5.66. The first-order valence-electron chi connectivity index (χ1n) is 4.87. The molecule has 2 rings (SSSR count). The van der Waals surface area contributed by atoms with Crippen LogP contribution in [0.15, 0.2) is 35.1 Å². The molecule has 0 fully saturated rings. The maximum absolute atomic E-state index is 11.1. The molecule has 0 amide bonds. The van der Waals surface area contributed by atoms with Gasteiger partial charge in [0.1, 0.15) is 5.75 Å². The number of hydrogen-bond acceptors (Lipinski definition) is 2. The summed E-state index contributed by atoms with van der Waals surface area (Å²) in [7, 11) is 1.56. The lowest BCUT2D eigenvalue weighted by molar-refractivity contribution is 0.0698. The third-order valence-electron chi connectivity index (χ3n) is 2.43. The summed E-state index contributed by atoms with van der Waals surface area (Å²) in [6.07, 6.45) is 3.10. The summed E-state index contributed by atoms with van der Waals surface area (Å²) in [6, 6.07) is 5.46. The molecule has 0 atom stereocenters. The molecule has 0 spiro atoms. The van der Waals surface area contributed by atoms with E-state index in [9.17, 15) is 4.79 Å². The smallest absolute Gasteiger partial charge is 0.337 e. The number of H-pyrrole nitrogens is 1. The fourth-order valence-electron chi connectivity index (χ4n) is 1.65. The summed E-state index contributed by atoms with van der Waals surface area (Å²) >= 11 is 3.36. The van der Waals surface area contributed by atoms with Gasteiger partial charge >= 0.3 is 5.97 Å². The van der Waals surface area contributed by atoms with Crippen LogP contribution < -0.4 is 4.74 Å². The molecular weight excluding hydrogens is 286 g/mol. The Kier molecular flexibility index (Phi) is 3.19. The van der Waals surface area contributed by atoms with Gasteiger partial charge in [-0.1, -0.05) is 15.9 Å². The Hall–Kier alpha value is -1.75. The molecule has 0 aliphatic rings. The van der Waals surface area contributed by atoms with Crippen molar-refractivity contribution in [1.82, 2.24) is 4.98 Å². The van der Waals surface area contributed by atoms with E-state index in [1.165, 1.54) is 6.20 Å². The molecule has 2 aromatic rings. The van der Waals surface area contributed by atoms with Crippen LogP contribution in [0.3, 0.4) is 0 Å². The number of hydrogen-bond donors (Lipinski definition) is 2. The number of aromatic amines is 1. The van der Waals surface area contributed by atoms with Crippen molar-refractivity contribution < 1.29 is 14.6 Å². The van der Waals surface area contributed by atoms with E-state index in [1.807, 2.05) is 12.1 Å². The summed E-state index contributed by atoms with van der Waals surface area (Å²) in [5.41, 5.74) is 1.57. The van der Waals surface area contributed by atoms with Crippen LogP contribution in [-0.2, 0) is 0 Å². The van der Waals surface area contributed by atoms with Crippen molar-refractivity contribution in [1.29, 1.82) is 0 Å².